The topological polar surface area (TPSA) is 52.7 Å². The van der Waals surface area contributed by atoms with Crippen LogP contribution in [0.2, 0.25) is 5.02 Å². The largest absolute Gasteiger partial charge is 0.346 e. The molecule has 0 bridgehead atoms. The highest BCUT2D eigenvalue weighted by atomic mass is 35.5. The molecule has 2 amide bonds. The van der Waals surface area contributed by atoms with Crippen LogP contribution in [0.4, 0.5) is 4.39 Å². The van der Waals surface area contributed by atoms with E-state index in [4.69, 9.17) is 11.6 Å². The Bertz CT molecular complexity index is 596. The summed E-state index contributed by atoms with van der Waals surface area (Å²) in [6, 6.07) is 4.61. The monoisotopic (exact) mass is 311 g/mol. The molecule has 2 aliphatic heterocycles. The summed E-state index contributed by atoms with van der Waals surface area (Å²) in [5.74, 6) is -1.33. The number of amides is 2. The van der Waals surface area contributed by atoms with E-state index in [1.54, 1.807) is 17.0 Å². The Labute approximate surface area is 126 Å². The van der Waals surface area contributed by atoms with E-state index in [-0.39, 0.29) is 11.9 Å². The van der Waals surface area contributed by atoms with Crippen LogP contribution >= 0.6 is 11.6 Å². The predicted octanol–water partition coefficient (Wildman–Crippen LogP) is 0.622. The Hall–Kier alpha value is -1.66. The van der Waals surface area contributed by atoms with Gasteiger partial charge in [-0.15, -0.1) is 0 Å². The molecule has 5 nitrogen and oxygen atoms in total. The molecule has 7 heteroatoms. The summed E-state index contributed by atoms with van der Waals surface area (Å²) < 4.78 is 13.8. The molecule has 2 fully saturated rings. The van der Waals surface area contributed by atoms with Gasteiger partial charge in [-0.3, -0.25) is 14.5 Å². The Kier molecular flexibility index (Phi) is 3.82. The third kappa shape index (κ3) is 2.87. The standard InChI is InChI=1S/C14H15ClFN3O2/c15-10-2-1-9(12(16)5-10)7-18-3-4-19-11(8-18)6-17-13(20)14(19)21/h1-2,5,11H,3-4,6-8H2,(H,17,20). The molecular formula is C14H15ClFN3O2. The van der Waals surface area contributed by atoms with Crippen LogP contribution in [0.1, 0.15) is 5.56 Å². The average molecular weight is 312 g/mol. The van der Waals surface area contributed by atoms with Gasteiger partial charge >= 0.3 is 11.8 Å². The fourth-order valence-corrected chi connectivity index (χ4v) is 2.97. The van der Waals surface area contributed by atoms with Gasteiger partial charge in [-0.05, 0) is 12.1 Å². The van der Waals surface area contributed by atoms with Crippen LogP contribution < -0.4 is 5.32 Å². The fraction of sp³-hybridized carbons (Fsp3) is 0.429. The van der Waals surface area contributed by atoms with Gasteiger partial charge in [0.05, 0.1) is 6.04 Å². The van der Waals surface area contributed by atoms with Gasteiger partial charge in [0.15, 0.2) is 0 Å². The number of carbonyl (C=O) groups excluding carboxylic acids is 2. The first-order valence-corrected chi connectivity index (χ1v) is 7.17. The van der Waals surface area contributed by atoms with E-state index in [2.05, 4.69) is 10.2 Å². The zero-order valence-electron chi connectivity index (χ0n) is 11.3. The van der Waals surface area contributed by atoms with Gasteiger partial charge in [0, 0.05) is 43.3 Å². The van der Waals surface area contributed by atoms with Crippen LogP contribution in [-0.2, 0) is 16.1 Å². The van der Waals surface area contributed by atoms with E-state index in [1.165, 1.54) is 6.07 Å². The molecule has 1 unspecified atom stereocenters. The fourth-order valence-electron chi connectivity index (χ4n) is 2.81. The zero-order valence-corrected chi connectivity index (χ0v) is 12.1. The van der Waals surface area contributed by atoms with Crippen molar-refractivity contribution >= 4 is 23.4 Å². The van der Waals surface area contributed by atoms with Crippen molar-refractivity contribution in [3.63, 3.8) is 0 Å². The summed E-state index contributed by atoms with van der Waals surface area (Å²) in [6.45, 7) is 2.65. The number of fused-ring (bicyclic) bond motifs is 1. The molecular weight excluding hydrogens is 297 g/mol. The Morgan fingerprint density at radius 3 is 2.90 bits per heavy atom. The Morgan fingerprint density at radius 1 is 1.33 bits per heavy atom. The number of carbonyl (C=O) groups is 2. The normalized spacial score (nSPS) is 23.0. The number of piperazine rings is 2. The van der Waals surface area contributed by atoms with Crippen molar-refractivity contribution in [3.8, 4) is 0 Å². The van der Waals surface area contributed by atoms with Gasteiger partial charge in [0.2, 0.25) is 0 Å². The maximum Gasteiger partial charge on any atom is 0.312 e. The lowest BCUT2D eigenvalue weighted by Gasteiger charge is -2.43. The van der Waals surface area contributed by atoms with Crippen molar-refractivity contribution in [1.29, 1.82) is 0 Å². The average Bonchev–Trinajstić information content (AvgIpc) is 2.46. The number of halogens is 2. The summed E-state index contributed by atoms with van der Waals surface area (Å²) in [7, 11) is 0. The molecule has 0 radical (unpaired) electrons. The van der Waals surface area contributed by atoms with Crippen molar-refractivity contribution < 1.29 is 14.0 Å². The van der Waals surface area contributed by atoms with E-state index in [0.717, 1.165) is 0 Å². The lowest BCUT2D eigenvalue weighted by Crippen LogP contribution is -2.65. The first-order chi connectivity index (χ1) is 10.0. The van der Waals surface area contributed by atoms with E-state index < -0.39 is 11.8 Å². The van der Waals surface area contributed by atoms with E-state index in [9.17, 15) is 14.0 Å². The van der Waals surface area contributed by atoms with E-state index in [1.807, 2.05) is 0 Å². The maximum atomic E-state index is 13.8. The second-order valence-electron chi connectivity index (χ2n) is 5.33. The summed E-state index contributed by atoms with van der Waals surface area (Å²) in [5.41, 5.74) is 0.582. The van der Waals surface area contributed by atoms with E-state index >= 15 is 0 Å². The number of nitrogens with zero attached hydrogens (tertiary/aromatic N) is 2. The highest BCUT2D eigenvalue weighted by Crippen LogP contribution is 2.19. The van der Waals surface area contributed by atoms with Gasteiger partial charge in [0.1, 0.15) is 5.82 Å². The van der Waals surface area contributed by atoms with Crippen LogP contribution in [0.15, 0.2) is 18.2 Å². The van der Waals surface area contributed by atoms with Crippen molar-refractivity contribution in [2.24, 2.45) is 0 Å². The molecule has 1 aromatic carbocycles. The van der Waals surface area contributed by atoms with Crippen molar-refractivity contribution in [2.75, 3.05) is 26.2 Å². The quantitative estimate of drug-likeness (QED) is 0.815. The van der Waals surface area contributed by atoms with E-state index in [0.29, 0.717) is 43.3 Å². The molecule has 0 spiro atoms. The minimum Gasteiger partial charge on any atom is -0.346 e. The predicted molar refractivity (Wildman–Crippen MR) is 75.2 cm³/mol. The van der Waals surface area contributed by atoms with Crippen molar-refractivity contribution in [3.05, 3.63) is 34.6 Å². The summed E-state index contributed by atoms with van der Waals surface area (Å²) >= 11 is 5.74. The third-order valence-electron chi connectivity index (χ3n) is 3.93. The van der Waals surface area contributed by atoms with Gasteiger partial charge < -0.3 is 10.2 Å². The van der Waals surface area contributed by atoms with Crippen molar-refractivity contribution in [1.82, 2.24) is 15.1 Å². The maximum absolute atomic E-state index is 13.8. The summed E-state index contributed by atoms with van der Waals surface area (Å²) in [6.07, 6.45) is 0. The van der Waals surface area contributed by atoms with Crippen LogP contribution in [0.3, 0.4) is 0 Å². The summed E-state index contributed by atoms with van der Waals surface area (Å²) in [5, 5.41) is 2.96. The molecule has 21 heavy (non-hydrogen) atoms. The number of hydrogen-bond donors (Lipinski definition) is 1. The second-order valence-corrected chi connectivity index (χ2v) is 5.77. The highest BCUT2D eigenvalue weighted by molar-refractivity contribution is 6.35. The number of benzene rings is 1. The SMILES string of the molecule is O=C1NCC2CN(Cc3ccc(Cl)cc3F)CCN2C1=O. The third-order valence-corrected chi connectivity index (χ3v) is 4.16. The minimum absolute atomic E-state index is 0.0423. The van der Waals surface area contributed by atoms with Crippen molar-refractivity contribution in [2.45, 2.75) is 12.6 Å². The zero-order chi connectivity index (χ0) is 15.0. The van der Waals surface area contributed by atoms with Gasteiger partial charge in [0.25, 0.3) is 0 Å². The molecule has 2 heterocycles. The molecule has 1 atom stereocenters. The molecule has 0 aliphatic carbocycles. The van der Waals surface area contributed by atoms with Gasteiger partial charge in [-0.25, -0.2) is 4.39 Å². The molecule has 112 valence electrons. The lowest BCUT2D eigenvalue weighted by atomic mass is 10.1. The van der Waals surface area contributed by atoms with Crippen LogP contribution in [0.5, 0.6) is 0 Å². The minimum atomic E-state index is -0.538. The Morgan fingerprint density at radius 2 is 2.14 bits per heavy atom. The molecule has 0 saturated carbocycles. The first-order valence-electron chi connectivity index (χ1n) is 6.79. The number of hydrogen-bond acceptors (Lipinski definition) is 3. The first kappa shape index (κ1) is 14.3. The second kappa shape index (κ2) is 5.61. The molecule has 1 N–H and O–H groups in total. The molecule has 3 rings (SSSR count). The smallest absolute Gasteiger partial charge is 0.312 e. The summed E-state index contributed by atoms with van der Waals surface area (Å²) in [4.78, 5) is 26.7. The van der Waals surface area contributed by atoms with Crippen LogP contribution in [0.25, 0.3) is 0 Å². The van der Waals surface area contributed by atoms with Crippen LogP contribution in [-0.4, -0.2) is 53.8 Å². The van der Waals surface area contributed by atoms with Gasteiger partial charge in [-0.1, -0.05) is 17.7 Å². The lowest BCUT2D eigenvalue weighted by molar-refractivity contribution is -0.152. The number of rotatable bonds is 2. The highest BCUT2D eigenvalue weighted by Gasteiger charge is 2.37. The number of nitrogens with one attached hydrogen (secondary N) is 1. The molecule has 0 aromatic heterocycles. The molecule has 2 saturated heterocycles. The molecule has 2 aliphatic rings. The van der Waals surface area contributed by atoms with Gasteiger partial charge in [-0.2, -0.15) is 0 Å². The van der Waals surface area contributed by atoms with Crippen LogP contribution in [0, 0.1) is 5.82 Å². The Balaban J connectivity index is 1.67. The molecule has 1 aromatic rings.